The van der Waals surface area contributed by atoms with Crippen molar-refractivity contribution < 1.29 is 17.9 Å². The van der Waals surface area contributed by atoms with Gasteiger partial charge in [0.2, 0.25) is 15.9 Å². The maximum Gasteiger partial charge on any atom is 0.236 e. The molecule has 36 heavy (non-hydrogen) atoms. The minimum absolute atomic E-state index is 0.0440. The molecule has 0 aliphatic heterocycles. The van der Waals surface area contributed by atoms with Gasteiger partial charge in [-0.1, -0.05) is 29.5 Å². The third kappa shape index (κ3) is 5.73. The maximum absolute atomic E-state index is 12.5. The van der Waals surface area contributed by atoms with Crippen LogP contribution in [-0.2, 0) is 21.2 Å². The van der Waals surface area contributed by atoms with Gasteiger partial charge >= 0.3 is 0 Å². The van der Waals surface area contributed by atoms with Crippen LogP contribution in [0, 0.1) is 11.3 Å². The molecule has 1 atom stereocenters. The van der Waals surface area contributed by atoms with Gasteiger partial charge in [0.25, 0.3) is 0 Å². The molecular weight excluding hydrogens is 498 g/mol. The minimum Gasteiger partial charge on any atom is -0.490 e. The summed E-state index contributed by atoms with van der Waals surface area (Å²) in [5, 5.41) is 22.1. The Kier molecular flexibility index (Phi) is 7.68. The fraction of sp³-hybridized carbons (Fsp3) is 0.360. The number of benzene rings is 2. The summed E-state index contributed by atoms with van der Waals surface area (Å²) in [6.07, 6.45) is 2.18. The number of carbonyl (C=O) groups excluding carboxylic acids is 1. The molecule has 188 valence electrons. The summed E-state index contributed by atoms with van der Waals surface area (Å²) in [5.41, 5.74) is 4.03. The van der Waals surface area contributed by atoms with Gasteiger partial charge in [-0.2, -0.15) is 5.26 Å². The van der Waals surface area contributed by atoms with E-state index in [0.717, 1.165) is 40.1 Å². The molecule has 3 aromatic rings. The predicted octanol–water partition coefficient (Wildman–Crippen LogP) is 3.57. The molecule has 2 N–H and O–H groups in total. The molecule has 1 aromatic heterocycles. The summed E-state index contributed by atoms with van der Waals surface area (Å²) in [6.45, 7) is 3.81. The van der Waals surface area contributed by atoms with E-state index in [2.05, 4.69) is 26.3 Å². The number of hydrogen-bond donors (Lipinski definition) is 2. The topological polar surface area (TPSA) is 134 Å². The fourth-order valence-corrected chi connectivity index (χ4v) is 6.37. The van der Waals surface area contributed by atoms with E-state index in [4.69, 9.17) is 4.74 Å². The third-order valence-corrected chi connectivity index (χ3v) is 8.09. The first-order valence-electron chi connectivity index (χ1n) is 11.6. The van der Waals surface area contributed by atoms with Crippen molar-refractivity contribution in [1.29, 1.82) is 5.26 Å². The SMILES string of the molecule is CNC(=O)CS(=O)(=O)N[C@H]1CCCc2c(-c3nnc(-c4ccc(OC(C)C)c(C#N)c4)s3)cccc21. The average molecular weight is 526 g/mol. The Labute approximate surface area is 214 Å². The van der Waals surface area contributed by atoms with E-state index in [0.29, 0.717) is 22.7 Å². The number of hydrogen-bond acceptors (Lipinski definition) is 8. The highest BCUT2D eigenvalue weighted by Gasteiger charge is 2.28. The molecule has 1 amide bonds. The van der Waals surface area contributed by atoms with Crippen LogP contribution in [0.15, 0.2) is 36.4 Å². The summed E-state index contributed by atoms with van der Waals surface area (Å²) in [5.74, 6) is -0.638. The molecule has 1 heterocycles. The lowest BCUT2D eigenvalue weighted by molar-refractivity contribution is -0.118. The van der Waals surface area contributed by atoms with Gasteiger partial charge in [0.15, 0.2) is 0 Å². The van der Waals surface area contributed by atoms with E-state index < -0.39 is 27.7 Å². The number of carbonyl (C=O) groups is 1. The highest BCUT2D eigenvalue weighted by atomic mass is 32.2. The lowest BCUT2D eigenvalue weighted by Crippen LogP contribution is -2.37. The monoisotopic (exact) mass is 525 g/mol. The normalized spacial score (nSPS) is 15.2. The van der Waals surface area contributed by atoms with Crippen molar-refractivity contribution in [2.75, 3.05) is 12.8 Å². The van der Waals surface area contributed by atoms with Crippen LogP contribution in [0.3, 0.4) is 0 Å². The van der Waals surface area contributed by atoms with Gasteiger partial charge in [-0.15, -0.1) is 10.2 Å². The first-order chi connectivity index (χ1) is 17.2. The summed E-state index contributed by atoms with van der Waals surface area (Å²) in [7, 11) is -2.38. The van der Waals surface area contributed by atoms with Crippen molar-refractivity contribution in [1.82, 2.24) is 20.2 Å². The highest BCUT2D eigenvalue weighted by molar-refractivity contribution is 7.90. The Hall–Kier alpha value is -3.33. The zero-order valence-electron chi connectivity index (χ0n) is 20.2. The molecule has 0 unspecified atom stereocenters. The van der Waals surface area contributed by atoms with Crippen LogP contribution in [0.1, 0.15) is 49.4 Å². The van der Waals surface area contributed by atoms with Crippen LogP contribution in [0.25, 0.3) is 21.1 Å². The molecule has 0 spiro atoms. The van der Waals surface area contributed by atoms with Crippen molar-refractivity contribution in [3.63, 3.8) is 0 Å². The summed E-state index contributed by atoms with van der Waals surface area (Å²) >= 11 is 1.41. The van der Waals surface area contributed by atoms with E-state index in [1.807, 2.05) is 38.1 Å². The van der Waals surface area contributed by atoms with Gasteiger partial charge in [-0.25, -0.2) is 13.1 Å². The lowest BCUT2D eigenvalue weighted by Gasteiger charge is -2.27. The van der Waals surface area contributed by atoms with E-state index >= 15 is 0 Å². The third-order valence-electron chi connectivity index (χ3n) is 5.79. The van der Waals surface area contributed by atoms with Gasteiger partial charge in [0.1, 0.15) is 27.6 Å². The number of aromatic nitrogens is 2. The first kappa shape index (κ1) is 25.8. The Morgan fingerprint density at radius 2 is 2.03 bits per heavy atom. The van der Waals surface area contributed by atoms with E-state index in [1.54, 1.807) is 12.1 Å². The second kappa shape index (κ2) is 10.7. The highest BCUT2D eigenvalue weighted by Crippen LogP contribution is 2.39. The van der Waals surface area contributed by atoms with Gasteiger partial charge in [-0.05, 0) is 62.4 Å². The Morgan fingerprint density at radius 1 is 1.25 bits per heavy atom. The summed E-state index contributed by atoms with van der Waals surface area (Å²) < 4.78 is 33.4. The van der Waals surface area contributed by atoms with Crippen molar-refractivity contribution in [2.24, 2.45) is 0 Å². The van der Waals surface area contributed by atoms with E-state index in [-0.39, 0.29) is 6.10 Å². The molecule has 0 bridgehead atoms. The smallest absolute Gasteiger partial charge is 0.236 e. The second-order valence-electron chi connectivity index (χ2n) is 8.77. The van der Waals surface area contributed by atoms with Crippen LogP contribution in [-0.4, -0.2) is 43.4 Å². The van der Waals surface area contributed by atoms with Gasteiger partial charge in [-0.3, -0.25) is 4.79 Å². The molecule has 0 radical (unpaired) electrons. The number of rotatable bonds is 8. The Morgan fingerprint density at radius 3 is 2.75 bits per heavy atom. The summed E-state index contributed by atoms with van der Waals surface area (Å²) in [4.78, 5) is 11.6. The van der Waals surface area contributed by atoms with Crippen molar-refractivity contribution in [2.45, 2.75) is 45.3 Å². The quantitative estimate of drug-likeness (QED) is 0.459. The standard InChI is InChI=1S/C25H27N5O4S2/c1-15(2)34-22-11-10-16(12-17(22)13-26)24-28-29-25(35-24)20-8-4-7-19-18(20)6-5-9-21(19)30-36(32,33)14-23(31)27-3/h4,7-8,10-12,15,21,30H,5-6,9,14H2,1-3H3,(H,27,31)/t21-/m0/s1. The zero-order valence-corrected chi connectivity index (χ0v) is 21.9. The van der Waals surface area contributed by atoms with Gasteiger partial charge in [0, 0.05) is 24.2 Å². The van der Waals surface area contributed by atoms with Crippen LogP contribution in [0.4, 0.5) is 0 Å². The first-order valence-corrected chi connectivity index (χ1v) is 14.0. The molecule has 9 nitrogen and oxygen atoms in total. The van der Waals surface area contributed by atoms with Crippen LogP contribution in [0.5, 0.6) is 5.75 Å². The Balaban J connectivity index is 1.63. The number of sulfonamides is 1. The second-order valence-corrected chi connectivity index (χ2v) is 11.5. The van der Waals surface area contributed by atoms with Crippen LogP contribution >= 0.6 is 11.3 Å². The molecule has 11 heteroatoms. The maximum atomic E-state index is 12.5. The number of ether oxygens (including phenoxy) is 1. The van der Waals surface area contributed by atoms with E-state index in [9.17, 15) is 18.5 Å². The van der Waals surface area contributed by atoms with Gasteiger partial charge in [0.05, 0.1) is 11.7 Å². The number of nitrogens with one attached hydrogen (secondary N) is 2. The van der Waals surface area contributed by atoms with Crippen molar-refractivity contribution >= 4 is 27.3 Å². The average Bonchev–Trinajstić information content (AvgIpc) is 3.33. The summed E-state index contributed by atoms with van der Waals surface area (Å²) in [6, 6.07) is 12.9. The van der Waals surface area contributed by atoms with Gasteiger partial charge < -0.3 is 10.1 Å². The van der Waals surface area contributed by atoms with Crippen molar-refractivity contribution in [3.8, 4) is 33.0 Å². The predicted molar refractivity (Wildman–Crippen MR) is 138 cm³/mol. The molecule has 0 fully saturated rings. The van der Waals surface area contributed by atoms with E-state index in [1.165, 1.54) is 18.4 Å². The van der Waals surface area contributed by atoms with Crippen LogP contribution < -0.4 is 14.8 Å². The number of fused-ring (bicyclic) bond motifs is 1. The minimum atomic E-state index is -3.79. The molecule has 4 rings (SSSR count). The zero-order chi connectivity index (χ0) is 25.9. The molecular formula is C25H27N5O4S2. The van der Waals surface area contributed by atoms with Crippen LogP contribution in [0.2, 0.25) is 0 Å². The molecule has 0 saturated heterocycles. The molecule has 2 aromatic carbocycles. The number of amides is 1. The fourth-order valence-electron chi connectivity index (χ4n) is 4.23. The molecule has 0 saturated carbocycles. The largest absolute Gasteiger partial charge is 0.490 e. The molecule has 1 aliphatic carbocycles. The van der Waals surface area contributed by atoms with Crippen molar-refractivity contribution in [3.05, 3.63) is 53.1 Å². The molecule has 1 aliphatic rings. The number of nitrogens with zero attached hydrogens (tertiary/aromatic N) is 3. The Bertz CT molecular complexity index is 1430. The lowest BCUT2D eigenvalue weighted by atomic mass is 9.85. The number of nitriles is 1.